The Kier molecular flexibility index (Phi) is 6.56. The zero-order valence-corrected chi connectivity index (χ0v) is 15.3. The summed E-state index contributed by atoms with van der Waals surface area (Å²) in [6, 6.07) is 8.29. The number of likely N-dealkylation sites (tertiary alicyclic amines) is 1. The largest absolute Gasteiger partial charge is 0.497 e. The molecule has 25 heavy (non-hydrogen) atoms. The molecule has 0 unspecified atom stereocenters. The van der Waals surface area contributed by atoms with E-state index >= 15 is 0 Å². The minimum absolute atomic E-state index is 0.124. The van der Waals surface area contributed by atoms with Crippen molar-refractivity contribution in [3.8, 4) is 5.75 Å². The van der Waals surface area contributed by atoms with Crippen molar-refractivity contribution in [1.29, 1.82) is 0 Å². The number of methoxy groups -OCH3 is 1. The van der Waals surface area contributed by atoms with E-state index in [4.69, 9.17) is 4.74 Å². The minimum atomic E-state index is -0.124. The van der Waals surface area contributed by atoms with Crippen LogP contribution in [-0.4, -0.2) is 43.2 Å². The highest BCUT2D eigenvalue weighted by Gasteiger charge is 2.27. The van der Waals surface area contributed by atoms with E-state index in [2.05, 4.69) is 15.5 Å². The Bertz CT molecular complexity index is 556. The monoisotopic (exact) mass is 345 g/mol. The van der Waals surface area contributed by atoms with Gasteiger partial charge >= 0.3 is 6.03 Å². The van der Waals surface area contributed by atoms with Crippen LogP contribution in [0.15, 0.2) is 24.3 Å². The molecule has 5 nitrogen and oxygen atoms in total. The summed E-state index contributed by atoms with van der Waals surface area (Å²) in [6.07, 6.45) is 10.4. The number of carbonyl (C=O) groups excluding carboxylic acids is 1. The Hall–Kier alpha value is -1.75. The van der Waals surface area contributed by atoms with E-state index in [1.165, 1.54) is 51.5 Å². The lowest BCUT2D eigenvalue weighted by atomic mass is 10.00. The van der Waals surface area contributed by atoms with E-state index in [9.17, 15) is 4.79 Å². The van der Waals surface area contributed by atoms with Gasteiger partial charge in [0.25, 0.3) is 0 Å². The van der Waals surface area contributed by atoms with Gasteiger partial charge < -0.3 is 15.4 Å². The fourth-order valence-electron chi connectivity index (χ4n) is 4.13. The molecule has 1 aromatic rings. The Balaban J connectivity index is 1.50. The smallest absolute Gasteiger partial charge is 0.319 e. The van der Waals surface area contributed by atoms with Crippen molar-refractivity contribution >= 4 is 11.7 Å². The molecule has 1 saturated carbocycles. The third kappa shape index (κ3) is 5.36. The SMILES string of the molecule is COc1cccc(NC(=O)N[C@@H]2CCCN(C3CCCCCC3)C2)c1. The van der Waals surface area contributed by atoms with E-state index in [-0.39, 0.29) is 12.1 Å². The van der Waals surface area contributed by atoms with Gasteiger partial charge in [-0.15, -0.1) is 0 Å². The van der Waals surface area contributed by atoms with Crippen molar-refractivity contribution in [3.63, 3.8) is 0 Å². The van der Waals surface area contributed by atoms with Gasteiger partial charge in [-0.25, -0.2) is 4.79 Å². The summed E-state index contributed by atoms with van der Waals surface area (Å²) in [4.78, 5) is 15.0. The number of anilines is 1. The molecule has 1 heterocycles. The number of benzene rings is 1. The molecule has 0 aromatic heterocycles. The average molecular weight is 345 g/mol. The summed E-state index contributed by atoms with van der Waals surface area (Å²) in [5.74, 6) is 0.745. The third-order valence-corrected chi connectivity index (χ3v) is 5.46. The predicted molar refractivity (Wildman–Crippen MR) is 101 cm³/mol. The van der Waals surface area contributed by atoms with Crippen LogP contribution in [0, 0.1) is 0 Å². The Morgan fingerprint density at radius 1 is 1.12 bits per heavy atom. The van der Waals surface area contributed by atoms with Gasteiger partial charge in [-0.2, -0.15) is 0 Å². The number of rotatable bonds is 4. The fraction of sp³-hybridized carbons (Fsp3) is 0.650. The van der Waals surface area contributed by atoms with Gasteiger partial charge in [-0.05, 0) is 44.4 Å². The Morgan fingerprint density at radius 3 is 2.68 bits per heavy atom. The first kappa shape index (κ1) is 18.1. The number of hydrogen-bond donors (Lipinski definition) is 2. The highest BCUT2D eigenvalue weighted by Crippen LogP contribution is 2.25. The van der Waals surface area contributed by atoms with Gasteiger partial charge in [0, 0.05) is 30.4 Å². The first-order valence-electron chi connectivity index (χ1n) is 9.70. The van der Waals surface area contributed by atoms with Crippen LogP contribution in [0.5, 0.6) is 5.75 Å². The summed E-state index contributed by atoms with van der Waals surface area (Å²) in [6.45, 7) is 2.16. The molecule has 2 N–H and O–H groups in total. The molecule has 2 amide bonds. The molecule has 1 saturated heterocycles. The quantitative estimate of drug-likeness (QED) is 0.811. The summed E-state index contributed by atoms with van der Waals surface area (Å²) >= 11 is 0. The van der Waals surface area contributed by atoms with Crippen molar-refractivity contribution < 1.29 is 9.53 Å². The maximum Gasteiger partial charge on any atom is 0.319 e. The van der Waals surface area contributed by atoms with Crippen molar-refractivity contribution in [2.24, 2.45) is 0 Å². The van der Waals surface area contributed by atoms with Gasteiger partial charge in [-0.3, -0.25) is 4.90 Å². The molecule has 0 bridgehead atoms. The number of ether oxygens (including phenoxy) is 1. The number of nitrogens with one attached hydrogen (secondary N) is 2. The Labute approximate surface area is 151 Å². The lowest BCUT2D eigenvalue weighted by Crippen LogP contribution is -2.51. The molecule has 0 radical (unpaired) electrons. The summed E-state index contributed by atoms with van der Waals surface area (Å²) in [7, 11) is 1.63. The molecule has 2 aliphatic rings. The van der Waals surface area contributed by atoms with Crippen molar-refractivity contribution in [1.82, 2.24) is 10.2 Å². The van der Waals surface area contributed by atoms with E-state index in [0.717, 1.165) is 24.4 Å². The standard InChI is InChI=1S/C20H31N3O2/c1-25-19-12-6-8-16(14-19)21-20(24)22-17-9-7-13-23(15-17)18-10-4-2-3-5-11-18/h6,8,12,14,17-18H,2-5,7,9-11,13,15H2,1H3,(H2,21,22,24)/t17-/m1/s1. The second kappa shape index (κ2) is 9.09. The van der Waals surface area contributed by atoms with Crippen LogP contribution in [0.2, 0.25) is 0 Å². The number of urea groups is 1. The van der Waals surface area contributed by atoms with Crippen molar-refractivity contribution in [2.75, 3.05) is 25.5 Å². The molecule has 2 fully saturated rings. The lowest BCUT2D eigenvalue weighted by Gasteiger charge is -2.38. The normalized spacial score (nSPS) is 22.8. The zero-order valence-electron chi connectivity index (χ0n) is 15.3. The first-order valence-corrected chi connectivity index (χ1v) is 9.70. The Morgan fingerprint density at radius 2 is 1.92 bits per heavy atom. The summed E-state index contributed by atoms with van der Waals surface area (Å²) < 4.78 is 5.20. The summed E-state index contributed by atoms with van der Waals surface area (Å²) in [5, 5.41) is 6.08. The van der Waals surface area contributed by atoms with Crippen LogP contribution in [-0.2, 0) is 0 Å². The van der Waals surface area contributed by atoms with Crippen LogP contribution >= 0.6 is 0 Å². The first-order chi connectivity index (χ1) is 12.2. The highest BCUT2D eigenvalue weighted by molar-refractivity contribution is 5.89. The van der Waals surface area contributed by atoms with Gasteiger partial charge in [0.2, 0.25) is 0 Å². The maximum atomic E-state index is 12.3. The molecule has 3 rings (SSSR count). The van der Waals surface area contributed by atoms with Gasteiger partial charge in [0.05, 0.1) is 7.11 Å². The van der Waals surface area contributed by atoms with Crippen LogP contribution in [0.3, 0.4) is 0 Å². The fourth-order valence-corrected chi connectivity index (χ4v) is 4.13. The highest BCUT2D eigenvalue weighted by atomic mass is 16.5. The molecule has 1 atom stereocenters. The molecular weight excluding hydrogens is 314 g/mol. The van der Waals surface area contributed by atoms with Crippen molar-refractivity contribution in [3.05, 3.63) is 24.3 Å². The van der Waals surface area contributed by atoms with Gasteiger partial charge in [0.1, 0.15) is 5.75 Å². The molecular formula is C20H31N3O2. The number of carbonyl (C=O) groups is 1. The molecule has 0 spiro atoms. The number of hydrogen-bond acceptors (Lipinski definition) is 3. The number of piperidine rings is 1. The van der Waals surface area contributed by atoms with E-state index in [0.29, 0.717) is 6.04 Å². The topological polar surface area (TPSA) is 53.6 Å². The van der Waals surface area contributed by atoms with Gasteiger partial charge in [-0.1, -0.05) is 31.7 Å². The maximum absolute atomic E-state index is 12.3. The third-order valence-electron chi connectivity index (χ3n) is 5.46. The van der Waals surface area contributed by atoms with Crippen LogP contribution < -0.4 is 15.4 Å². The van der Waals surface area contributed by atoms with Gasteiger partial charge in [0.15, 0.2) is 0 Å². The predicted octanol–water partition coefficient (Wildman–Crippen LogP) is 4.00. The van der Waals surface area contributed by atoms with E-state index in [1.54, 1.807) is 7.11 Å². The van der Waals surface area contributed by atoms with E-state index in [1.807, 2.05) is 24.3 Å². The average Bonchev–Trinajstić information content (AvgIpc) is 2.91. The van der Waals surface area contributed by atoms with Crippen LogP contribution in [0.1, 0.15) is 51.4 Å². The second-order valence-electron chi connectivity index (χ2n) is 7.31. The molecule has 1 aromatic carbocycles. The summed E-state index contributed by atoms with van der Waals surface area (Å²) in [5.41, 5.74) is 0.758. The minimum Gasteiger partial charge on any atom is -0.497 e. The number of nitrogens with zero attached hydrogens (tertiary/aromatic N) is 1. The molecule has 138 valence electrons. The van der Waals surface area contributed by atoms with E-state index < -0.39 is 0 Å². The second-order valence-corrected chi connectivity index (χ2v) is 7.31. The zero-order chi connectivity index (χ0) is 17.5. The van der Waals surface area contributed by atoms with Crippen molar-refractivity contribution in [2.45, 2.75) is 63.5 Å². The molecule has 5 heteroatoms. The molecule has 1 aliphatic heterocycles. The lowest BCUT2D eigenvalue weighted by molar-refractivity contribution is 0.128. The number of amides is 2. The molecule has 1 aliphatic carbocycles. The van der Waals surface area contributed by atoms with Crippen LogP contribution in [0.4, 0.5) is 10.5 Å². The van der Waals surface area contributed by atoms with Crippen LogP contribution in [0.25, 0.3) is 0 Å².